The zero-order chi connectivity index (χ0) is 14.4. The monoisotopic (exact) mass is 270 g/mol. The Hall–Kier alpha value is -1.81. The number of aromatic nitrogens is 3. The van der Waals surface area contributed by atoms with Crippen molar-refractivity contribution in [2.45, 2.75) is 33.7 Å². The lowest BCUT2D eigenvalue weighted by Crippen LogP contribution is -2.20. The van der Waals surface area contributed by atoms with Crippen LogP contribution in [-0.2, 0) is 13.0 Å². The SMILES string of the molecule is Cc1cc(CNCC(C)C)nc(Cc2ccccn2)n1. The van der Waals surface area contributed by atoms with Crippen molar-refractivity contribution < 1.29 is 0 Å². The van der Waals surface area contributed by atoms with Crippen LogP contribution in [0, 0.1) is 12.8 Å². The highest BCUT2D eigenvalue weighted by atomic mass is 14.9. The van der Waals surface area contributed by atoms with Gasteiger partial charge in [-0.05, 0) is 37.6 Å². The molecule has 0 amide bonds. The van der Waals surface area contributed by atoms with Crippen molar-refractivity contribution in [1.82, 2.24) is 20.3 Å². The maximum absolute atomic E-state index is 4.61. The number of rotatable bonds is 6. The van der Waals surface area contributed by atoms with Crippen LogP contribution in [0.2, 0.25) is 0 Å². The third-order valence-corrected chi connectivity index (χ3v) is 2.88. The molecule has 0 unspecified atom stereocenters. The summed E-state index contributed by atoms with van der Waals surface area (Å²) in [7, 11) is 0. The minimum absolute atomic E-state index is 0.644. The van der Waals surface area contributed by atoms with Gasteiger partial charge in [0.05, 0.1) is 12.1 Å². The van der Waals surface area contributed by atoms with E-state index in [-0.39, 0.29) is 0 Å². The van der Waals surface area contributed by atoms with E-state index in [1.165, 1.54) is 0 Å². The van der Waals surface area contributed by atoms with E-state index in [1.807, 2.05) is 31.2 Å². The maximum atomic E-state index is 4.61. The van der Waals surface area contributed by atoms with E-state index in [1.54, 1.807) is 6.20 Å². The fourth-order valence-corrected chi connectivity index (χ4v) is 2.02. The van der Waals surface area contributed by atoms with Gasteiger partial charge in [-0.3, -0.25) is 4.98 Å². The molecule has 2 heterocycles. The van der Waals surface area contributed by atoms with Crippen LogP contribution < -0.4 is 5.32 Å². The van der Waals surface area contributed by atoms with Crippen LogP contribution in [0.4, 0.5) is 0 Å². The highest BCUT2D eigenvalue weighted by molar-refractivity contribution is 5.15. The van der Waals surface area contributed by atoms with Gasteiger partial charge < -0.3 is 5.32 Å². The number of hydrogen-bond acceptors (Lipinski definition) is 4. The second kappa shape index (κ2) is 7.10. The standard InChI is InChI=1S/C16H22N4/c1-12(2)10-17-11-15-8-13(3)19-16(20-15)9-14-6-4-5-7-18-14/h4-8,12,17H,9-11H2,1-3H3. The summed E-state index contributed by atoms with van der Waals surface area (Å²) < 4.78 is 0. The molecule has 4 nitrogen and oxygen atoms in total. The van der Waals surface area contributed by atoms with Gasteiger partial charge in [-0.2, -0.15) is 0 Å². The molecule has 0 aliphatic rings. The quantitative estimate of drug-likeness (QED) is 0.876. The average molecular weight is 270 g/mol. The van der Waals surface area contributed by atoms with E-state index in [0.29, 0.717) is 12.3 Å². The number of pyridine rings is 1. The maximum Gasteiger partial charge on any atom is 0.134 e. The fourth-order valence-electron chi connectivity index (χ4n) is 2.02. The normalized spacial score (nSPS) is 11.0. The Balaban J connectivity index is 2.04. The first-order valence-corrected chi connectivity index (χ1v) is 7.07. The van der Waals surface area contributed by atoms with Gasteiger partial charge in [-0.15, -0.1) is 0 Å². The van der Waals surface area contributed by atoms with Crippen LogP contribution in [-0.4, -0.2) is 21.5 Å². The van der Waals surface area contributed by atoms with Crippen molar-refractivity contribution >= 4 is 0 Å². The molecule has 0 fully saturated rings. The zero-order valence-electron chi connectivity index (χ0n) is 12.4. The van der Waals surface area contributed by atoms with Crippen molar-refractivity contribution in [2.24, 2.45) is 5.92 Å². The molecule has 0 aliphatic carbocycles. The second-order valence-corrected chi connectivity index (χ2v) is 5.44. The minimum atomic E-state index is 0.644. The highest BCUT2D eigenvalue weighted by Crippen LogP contribution is 2.06. The smallest absolute Gasteiger partial charge is 0.134 e. The molecule has 0 aliphatic heterocycles. The molecule has 0 atom stereocenters. The molecule has 106 valence electrons. The molecule has 0 aromatic carbocycles. The first-order chi connectivity index (χ1) is 9.63. The summed E-state index contributed by atoms with van der Waals surface area (Å²) in [6.07, 6.45) is 2.48. The Kier molecular flexibility index (Phi) is 5.18. The largest absolute Gasteiger partial charge is 0.311 e. The number of nitrogens with zero attached hydrogens (tertiary/aromatic N) is 3. The van der Waals surface area contributed by atoms with E-state index < -0.39 is 0 Å². The molecule has 2 aromatic rings. The molecule has 1 N–H and O–H groups in total. The molecular formula is C16H22N4. The summed E-state index contributed by atoms with van der Waals surface area (Å²) in [5.74, 6) is 1.48. The first kappa shape index (κ1) is 14.6. The average Bonchev–Trinajstić information content (AvgIpc) is 2.38. The van der Waals surface area contributed by atoms with Gasteiger partial charge >= 0.3 is 0 Å². The second-order valence-electron chi connectivity index (χ2n) is 5.44. The van der Waals surface area contributed by atoms with Gasteiger partial charge in [-0.1, -0.05) is 19.9 Å². The predicted molar refractivity (Wildman–Crippen MR) is 80.4 cm³/mol. The lowest BCUT2D eigenvalue weighted by atomic mass is 10.2. The Bertz CT molecular complexity index is 537. The minimum Gasteiger partial charge on any atom is -0.311 e. The van der Waals surface area contributed by atoms with Crippen molar-refractivity contribution in [3.8, 4) is 0 Å². The van der Waals surface area contributed by atoms with E-state index in [0.717, 1.165) is 36.0 Å². The van der Waals surface area contributed by atoms with Crippen molar-refractivity contribution in [2.75, 3.05) is 6.54 Å². The molecular weight excluding hydrogens is 248 g/mol. The Morgan fingerprint density at radius 1 is 1.15 bits per heavy atom. The van der Waals surface area contributed by atoms with Crippen LogP contribution in [0.25, 0.3) is 0 Å². The summed E-state index contributed by atoms with van der Waals surface area (Å²) in [6.45, 7) is 8.19. The summed E-state index contributed by atoms with van der Waals surface area (Å²) in [5.41, 5.74) is 3.05. The molecule has 0 spiro atoms. The fraction of sp³-hybridized carbons (Fsp3) is 0.438. The third-order valence-electron chi connectivity index (χ3n) is 2.88. The van der Waals surface area contributed by atoms with Crippen LogP contribution in [0.15, 0.2) is 30.5 Å². The van der Waals surface area contributed by atoms with Crippen molar-refractivity contribution in [3.63, 3.8) is 0 Å². The van der Waals surface area contributed by atoms with Crippen LogP contribution in [0.1, 0.15) is 36.8 Å². The van der Waals surface area contributed by atoms with Gasteiger partial charge in [0.2, 0.25) is 0 Å². The molecule has 4 heteroatoms. The molecule has 0 saturated heterocycles. The number of hydrogen-bond donors (Lipinski definition) is 1. The Labute approximate surface area is 120 Å². The molecule has 0 saturated carbocycles. The van der Waals surface area contributed by atoms with Crippen LogP contribution >= 0.6 is 0 Å². The lowest BCUT2D eigenvalue weighted by Gasteiger charge is -2.09. The van der Waals surface area contributed by atoms with Gasteiger partial charge in [0.25, 0.3) is 0 Å². The summed E-state index contributed by atoms with van der Waals surface area (Å²) >= 11 is 0. The summed E-state index contributed by atoms with van der Waals surface area (Å²) in [5, 5.41) is 3.41. The van der Waals surface area contributed by atoms with Crippen LogP contribution in [0.3, 0.4) is 0 Å². The molecule has 2 aromatic heterocycles. The molecule has 2 rings (SSSR count). The highest BCUT2D eigenvalue weighted by Gasteiger charge is 2.04. The molecule has 0 radical (unpaired) electrons. The van der Waals surface area contributed by atoms with Crippen molar-refractivity contribution in [1.29, 1.82) is 0 Å². The van der Waals surface area contributed by atoms with Gasteiger partial charge in [0.15, 0.2) is 0 Å². The number of nitrogens with one attached hydrogen (secondary N) is 1. The van der Waals surface area contributed by atoms with E-state index in [2.05, 4.69) is 34.1 Å². The van der Waals surface area contributed by atoms with Gasteiger partial charge in [0, 0.05) is 24.1 Å². The summed E-state index contributed by atoms with van der Waals surface area (Å²) in [6, 6.07) is 7.95. The van der Waals surface area contributed by atoms with E-state index in [4.69, 9.17) is 0 Å². The predicted octanol–water partition coefficient (Wildman–Crippen LogP) is 2.52. The molecule has 0 bridgehead atoms. The first-order valence-electron chi connectivity index (χ1n) is 7.07. The lowest BCUT2D eigenvalue weighted by molar-refractivity contribution is 0.547. The summed E-state index contributed by atoms with van der Waals surface area (Å²) in [4.78, 5) is 13.4. The van der Waals surface area contributed by atoms with E-state index in [9.17, 15) is 0 Å². The molecule has 20 heavy (non-hydrogen) atoms. The van der Waals surface area contributed by atoms with E-state index >= 15 is 0 Å². The van der Waals surface area contributed by atoms with Gasteiger partial charge in [-0.25, -0.2) is 9.97 Å². The van der Waals surface area contributed by atoms with Crippen molar-refractivity contribution in [3.05, 3.63) is 53.4 Å². The topological polar surface area (TPSA) is 50.7 Å². The zero-order valence-corrected chi connectivity index (χ0v) is 12.4. The number of aryl methyl sites for hydroxylation is 1. The Morgan fingerprint density at radius 3 is 2.70 bits per heavy atom. The van der Waals surface area contributed by atoms with Crippen LogP contribution in [0.5, 0.6) is 0 Å². The van der Waals surface area contributed by atoms with Gasteiger partial charge in [0.1, 0.15) is 5.82 Å². The Morgan fingerprint density at radius 2 is 2.00 bits per heavy atom. The third kappa shape index (κ3) is 4.70.